The molecule has 60 heavy (non-hydrogen) atoms. The van der Waals surface area contributed by atoms with Gasteiger partial charge in [0.25, 0.3) is 5.70 Å². The molecule has 2 aliphatic carbocycles. The van der Waals surface area contributed by atoms with Crippen molar-refractivity contribution >= 4 is 44.1 Å². The number of nitriles is 1. The molecule has 0 fully saturated rings. The standard InChI is InChI=1S/C51H52N4O5/c1-6-10-26-54(27-11-7-2)49-31-18-14-22-36(56)40(31)45(41-32(49)19-15-23-37(41)57)47-44(35(30-52)53-5)48(51(47)60)46-42-33(20-16-24-38(42)58)50(34-21-17-25-39(59)43(34)46)55(28-12-8-3)29-13-9-4/h14-25H,6-13,26-29H2,1-4H3,(H4-,56,57,58,59,60)/p+1. The SMILES string of the molecule is [C-]#[N+]C(C#N)=C1C(=C2c3c(O)cccc3C(=[N+](CCCC)CCCC)c3cccc(O)c32)C(O)=C1c1c2c(O)cccc2c(N(CCCC)CCCC)c2cccc(O)c12. The summed E-state index contributed by atoms with van der Waals surface area (Å²) < 4.78 is 2.30. The lowest BCUT2D eigenvalue weighted by molar-refractivity contribution is -0.528. The average Bonchev–Trinajstić information content (AvgIpc) is 3.24. The van der Waals surface area contributed by atoms with Gasteiger partial charge in [-0.05, 0) is 49.2 Å². The number of hydrogen-bond acceptors (Lipinski definition) is 7. The smallest absolute Gasteiger partial charge is 0.270 e. The van der Waals surface area contributed by atoms with Crippen LogP contribution in [0.5, 0.6) is 23.0 Å². The van der Waals surface area contributed by atoms with Gasteiger partial charge < -0.3 is 30.4 Å². The van der Waals surface area contributed by atoms with E-state index in [-0.39, 0.29) is 62.3 Å². The molecule has 0 amide bonds. The first-order valence-electron chi connectivity index (χ1n) is 21.3. The maximum absolute atomic E-state index is 12.8. The number of phenols is 4. The van der Waals surface area contributed by atoms with Crippen molar-refractivity contribution in [3.05, 3.63) is 135 Å². The molecule has 0 bridgehead atoms. The van der Waals surface area contributed by atoms with Gasteiger partial charge in [-0.25, -0.2) is 14.7 Å². The predicted octanol–water partition coefficient (Wildman–Crippen LogP) is 11.5. The van der Waals surface area contributed by atoms with Crippen LogP contribution in [-0.2, 0) is 0 Å². The Morgan fingerprint density at radius 2 is 1.08 bits per heavy atom. The topological polar surface area (TPSA) is 136 Å². The second-order valence-electron chi connectivity index (χ2n) is 15.7. The zero-order valence-electron chi connectivity index (χ0n) is 34.9. The largest absolute Gasteiger partial charge is 0.507 e. The van der Waals surface area contributed by atoms with E-state index in [0.29, 0.717) is 43.8 Å². The van der Waals surface area contributed by atoms with E-state index < -0.39 is 0 Å². The Hall–Kier alpha value is -6.71. The summed E-state index contributed by atoms with van der Waals surface area (Å²) in [5.74, 6) is -0.672. The van der Waals surface area contributed by atoms with E-state index in [1.165, 1.54) is 0 Å². The number of allylic oxidation sites excluding steroid dienone is 3. The molecule has 9 nitrogen and oxygen atoms in total. The van der Waals surface area contributed by atoms with Crippen LogP contribution in [0.3, 0.4) is 0 Å². The number of phenolic OH excluding ortho intramolecular Hbond substituents is 4. The van der Waals surface area contributed by atoms with Crippen molar-refractivity contribution < 1.29 is 30.1 Å². The Bertz CT molecular complexity index is 2590. The van der Waals surface area contributed by atoms with Crippen LogP contribution in [0.2, 0.25) is 0 Å². The number of anilines is 1. The van der Waals surface area contributed by atoms with E-state index in [2.05, 4.69) is 48.1 Å². The number of benzene rings is 5. The molecule has 5 N–H and O–H groups in total. The highest BCUT2D eigenvalue weighted by Gasteiger charge is 2.44. The van der Waals surface area contributed by atoms with Gasteiger partial charge in [0.15, 0.2) is 0 Å². The molecule has 306 valence electrons. The summed E-state index contributed by atoms with van der Waals surface area (Å²) in [5.41, 5.74) is 4.34. The van der Waals surface area contributed by atoms with Crippen molar-refractivity contribution in [1.29, 1.82) is 5.26 Å². The fourth-order valence-electron chi connectivity index (χ4n) is 9.07. The lowest BCUT2D eigenvalue weighted by atomic mass is 9.68. The number of nitrogens with zero attached hydrogens (tertiary/aromatic N) is 4. The minimum atomic E-state index is -0.328. The van der Waals surface area contributed by atoms with Crippen molar-refractivity contribution in [3.63, 3.8) is 0 Å². The predicted molar refractivity (Wildman–Crippen MR) is 241 cm³/mol. The molecule has 0 aromatic heterocycles. The molecule has 0 heterocycles. The number of unbranched alkanes of at least 4 members (excludes halogenated alkanes) is 4. The average molecular weight is 802 g/mol. The van der Waals surface area contributed by atoms with Crippen LogP contribution in [0.15, 0.2) is 95.4 Å². The van der Waals surface area contributed by atoms with Crippen LogP contribution in [0.1, 0.15) is 107 Å². The summed E-state index contributed by atoms with van der Waals surface area (Å²) in [5, 5.41) is 73.0. The lowest BCUT2D eigenvalue weighted by Crippen LogP contribution is -2.30. The summed E-state index contributed by atoms with van der Waals surface area (Å²) >= 11 is 0. The second kappa shape index (κ2) is 17.6. The molecule has 7 rings (SSSR count). The fourth-order valence-corrected chi connectivity index (χ4v) is 9.07. The third kappa shape index (κ3) is 6.88. The number of aliphatic hydroxyl groups is 1. The van der Waals surface area contributed by atoms with Gasteiger partial charge in [0.1, 0.15) is 41.8 Å². The number of aliphatic hydroxyl groups excluding tert-OH is 1. The number of aromatic hydroxyl groups is 4. The first-order valence-corrected chi connectivity index (χ1v) is 21.3. The zero-order chi connectivity index (χ0) is 42.7. The van der Waals surface area contributed by atoms with Crippen LogP contribution in [0.4, 0.5) is 5.69 Å². The minimum absolute atomic E-state index is 0.0935. The molecule has 0 radical (unpaired) electrons. The molecule has 0 saturated carbocycles. The third-order valence-corrected chi connectivity index (χ3v) is 11.9. The van der Waals surface area contributed by atoms with Crippen LogP contribution in [0, 0.1) is 17.9 Å². The maximum atomic E-state index is 12.8. The quantitative estimate of drug-likeness (QED) is 0.0320. The molecule has 5 aromatic rings. The van der Waals surface area contributed by atoms with Gasteiger partial charge in [-0.2, -0.15) is 0 Å². The molecule has 5 aromatic carbocycles. The molecular formula is C51H53N4O5+. The summed E-state index contributed by atoms with van der Waals surface area (Å²) in [6, 6.07) is 23.1. The van der Waals surface area contributed by atoms with Crippen molar-refractivity contribution in [2.24, 2.45) is 0 Å². The maximum Gasteiger partial charge on any atom is 0.270 e. The van der Waals surface area contributed by atoms with E-state index in [0.717, 1.165) is 88.9 Å². The van der Waals surface area contributed by atoms with E-state index >= 15 is 0 Å². The van der Waals surface area contributed by atoms with E-state index in [4.69, 9.17) is 6.57 Å². The Kier molecular flexibility index (Phi) is 12.2. The van der Waals surface area contributed by atoms with E-state index in [9.17, 15) is 30.8 Å². The van der Waals surface area contributed by atoms with Crippen molar-refractivity contribution in [2.45, 2.75) is 79.1 Å². The third-order valence-electron chi connectivity index (χ3n) is 11.9. The van der Waals surface area contributed by atoms with Gasteiger partial charge in [0.05, 0.1) is 29.5 Å². The number of rotatable bonds is 14. The number of fused-ring (bicyclic) bond motifs is 4. The van der Waals surface area contributed by atoms with Gasteiger partial charge in [-0.1, -0.05) is 89.8 Å². The van der Waals surface area contributed by atoms with Gasteiger partial charge in [0, 0.05) is 86.5 Å². The molecular weight excluding hydrogens is 749 g/mol. The summed E-state index contributed by atoms with van der Waals surface area (Å²) in [6.45, 7) is 19.8. The highest BCUT2D eigenvalue weighted by molar-refractivity contribution is 6.27. The van der Waals surface area contributed by atoms with Crippen LogP contribution in [0.25, 0.3) is 37.5 Å². The monoisotopic (exact) mass is 801 g/mol. The highest BCUT2D eigenvalue weighted by atomic mass is 16.3. The van der Waals surface area contributed by atoms with E-state index in [1.807, 2.05) is 24.3 Å². The molecule has 2 aliphatic rings. The van der Waals surface area contributed by atoms with Crippen LogP contribution < -0.4 is 4.90 Å². The van der Waals surface area contributed by atoms with E-state index in [1.54, 1.807) is 48.5 Å². The first kappa shape index (κ1) is 41.4. The highest BCUT2D eigenvalue weighted by Crippen LogP contribution is 2.59. The minimum Gasteiger partial charge on any atom is -0.507 e. The Morgan fingerprint density at radius 3 is 1.53 bits per heavy atom. The number of hydrogen-bond donors (Lipinski definition) is 5. The molecule has 0 aliphatic heterocycles. The van der Waals surface area contributed by atoms with Crippen molar-refractivity contribution in [2.75, 3.05) is 31.1 Å². The summed E-state index contributed by atoms with van der Waals surface area (Å²) in [7, 11) is 0. The molecule has 9 heteroatoms. The Labute approximate surface area is 352 Å². The molecule has 0 atom stereocenters. The summed E-state index contributed by atoms with van der Waals surface area (Å²) in [4.78, 5) is 5.99. The molecule has 0 spiro atoms. The second-order valence-corrected chi connectivity index (χ2v) is 15.7. The van der Waals surface area contributed by atoms with Crippen LogP contribution >= 0.6 is 0 Å². The van der Waals surface area contributed by atoms with Crippen molar-refractivity contribution in [1.82, 2.24) is 0 Å². The van der Waals surface area contributed by atoms with Gasteiger partial charge >= 0.3 is 0 Å². The normalized spacial score (nSPS) is 14.1. The summed E-state index contributed by atoms with van der Waals surface area (Å²) in [6.07, 6.45) is 7.59. The van der Waals surface area contributed by atoms with Crippen LogP contribution in [-0.4, -0.2) is 62.0 Å². The Morgan fingerprint density at radius 1 is 0.617 bits per heavy atom. The van der Waals surface area contributed by atoms with Crippen molar-refractivity contribution in [3.8, 4) is 29.1 Å². The first-order chi connectivity index (χ1) is 29.2. The molecule has 0 unspecified atom stereocenters. The van der Waals surface area contributed by atoms with Gasteiger partial charge in [0.2, 0.25) is 5.71 Å². The van der Waals surface area contributed by atoms with Gasteiger partial charge in [-0.15, -0.1) is 0 Å². The fraction of sp³-hybridized carbons (Fsp3) is 0.314. The zero-order valence-corrected chi connectivity index (χ0v) is 34.9. The lowest BCUT2D eigenvalue weighted by Gasteiger charge is -2.35. The van der Waals surface area contributed by atoms with Gasteiger partial charge in [-0.3, -0.25) is 0 Å². The molecule has 0 saturated heterocycles. The Balaban J connectivity index is 1.66.